The lowest BCUT2D eigenvalue weighted by atomic mass is 9.93. The number of aromatic nitrogens is 3. The van der Waals surface area contributed by atoms with Gasteiger partial charge in [-0.1, -0.05) is 41.6 Å². The summed E-state index contributed by atoms with van der Waals surface area (Å²) in [7, 11) is 0. The summed E-state index contributed by atoms with van der Waals surface area (Å²) < 4.78 is 11.3. The van der Waals surface area contributed by atoms with Crippen LogP contribution in [0.25, 0.3) is 22.0 Å². The third-order valence-corrected chi connectivity index (χ3v) is 7.82. The van der Waals surface area contributed by atoms with Crippen molar-refractivity contribution in [3.8, 4) is 11.1 Å². The third kappa shape index (κ3) is 5.12. The highest BCUT2D eigenvalue weighted by Gasteiger charge is 2.30. The minimum absolute atomic E-state index is 0.00557. The van der Waals surface area contributed by atoms with Crippen molar-refractivity contribution in [1.29, 1.82) is 0 Å². The number of fused-ring (bicyclic) bond motifs is 1. The zero-order chi connectivity index (χ0) is 26.9. The summed E-state index contributed by atoms with van der Waals surface area (Å²) in [5.41, 5.74) is 4.55. The van der Waals surface area contributed by atoms with E-state index in [9.17, 15) is 9.90 Å². The normalized spacial score (nSPS) is 21.7. The van der Waals surface area contributed by atoms with Gasteiger partial charge in [-0.05, 0) is 62.8 Å². The fourth-order valence-corrected chi connectivity index (χ4v) is 5.76. The predicted octanol–water partition coefficient (Wildman–Crippen LogP) is 4.51. The maximum atomic E-state index is 13.4. The summed E-state index contributed by atoms with van der Waals surface area (Å²) in [6.45, 7) is 5.54. The maximum absolute atomic E-state index is 13.4. The quantitative estimate of drug-likeness (QED) is 0.390. The third-order valence-electron chi connectivity index (χ3n) is 7.82. The molecule has 1 saturated carbocycles. The first-order valence-electron chi connectivity index (χ1n) is 13.6. The Balaban J connectivity index is 1.45. The highest BCUT2D eigenvalue weighted by atomic mass is 16.5. The zero-order valence-corrected chi connectivity index (χ0v) is 22.3. The van der Waals surface area contributed by atoms with Gasteiger partial charge in [-0.2, -0.15) is 0 Å². The fourth-order valence-electron chi connectivity index (χ4n) is 5.76. The van der Waals surface area contributed by atoms with Crippen LogP contribution in [0.3, 0.4) is 0 Å². The number of anilines is 1. The topological polar surface area (TPSA) is 114 Å². The van der Waals surface area contributed by atoms with Gasteiger partial charge in [0, 0.05) is 23.5 Å². The number of morpholine rings is 1. The number of carbonyl (C=O) groups is 1. The van der Waals surface area contributed by atoms with Gasteiger partial charge in [-0.15, -0.1) is 0 Å². The van der Waals surface area contributed by atoms with E-state index in [2.05, 4.69) is 33.6 Å². The van der Waals surface area contributed by atoms with Crippen molar-refractivity contribution >= 4 is 22.6 Å². The molecule has 9 nitrogen and oxygen atoms in total. The van der Waals surface area contributed by atoms with Crippen LogP contribution in [0.15, 0.2) is 53.1 Å². The van der Waals surface area contributed by atoms with Gasteiger partial charge in [0.2, 0.25) is 5.82 Å². The van der Waals surface area contributed by atoms with Crippen molar-refractivity contribution in [2.75, 3.05) is 24.7 Å². The average molecular weight is 528 g/mol. The molecule has 2 aromatic heterocycles. The lowest BCUT2D eigenvalue weighted by Gasteiger charge is -2.37. The van der Waals surface area contributed by atoms with Gasteiger partial charge < -0.3 is 24.6 Å². The highest BCUT2D eigenvalue weighted by molar-refractivity contribution is 5.98. The number of amides is 1. The Morgan fingerprint density at radius 1 is 1.05 bits per heavy atom. The van der Waals surface area contributed by atoms with E-state index in [0.29, 0.717) is 43.9 Å². The van der Waals surface area contributed by atoms with Crippen molar-refractivity contribution in [2.45, 2.75) is 57.7 Å². The number of rotatable bonds is 5. The first-order chi connectivity index (χ1) is 19.0. The maximum Gasteiger partial charge on any atom is 0.289 e. The number of benzene rings is 2. The Morgan fingerprint density at radius 2 is 1.85 bits per heavy atom. The summed E-state index contributed by atoms with van der Waals surface area (Å²) >= 11 is 0. The zero-order valence-electron chi connectivity index (χ0n) is 22.3. The molecule has 0 spiro atoms. The largest absolute Gasteiger partial charge is 0.393 e. The second-order valence-corrected chi connectivity index (χ2v) is 10.5. The molecule has 39 heavy (non-hydrogen) atoms. The molecule has 2 aliphatic rings. The van der Waals surface area contributed by atoms with Crippen LogP contribution in [-0.2, 0) is 4.74 Å². The number of hydrogen-bond donors (Lipinski definition) is 2. The molecule has 6 rings (SSSR count). The first kappa shape index (κ1) is 25.5. The van der Waals surface area contributed by atoms with E-state index in [1.54, 1.807) is 0 Å². The summed E-state index contributed by atoms with van der Waals surface area (Å²) in [5, 5.41) is 17.9. The molecule has 9 heteroatoms. The van der Waals surface area contributed by atoms with E-state index >= 15 is 0 Å². The van der Waals surface area contributed by atoms with Gasteiger partial charge in [-0.25, -0.2) is 9.97 Å². The molecular formula is C30H33N5O4. The van der Waals surface area contributed by atoms with Gasteiger partial charge in [0.25, 0.3) is 5.91 Å². The van der Waals surface area contributed by atoms with E-state index in [-0.39, 0.29) is 29.9 Å². The van der Waals surface area contributed by atoms with Gasteiger partial charge in [0.1, 0.15) is 11.6 Å². The van der Waals surface area contributed by atoms with Crippen molar-refractivity contribution in [1.82, 2.24) is 20.4 Å². The van der Waals surface area contributed by atoms with Crippen LogP contribution in [0.1, 0.15) is 59.4 Å². The fraction of sp³-hybridized carbons (Fsp3) is 0.400. The summed E-state index contributed by atoms with van der Waals surface area (Å²) in [4.78, 5) is 25.2. The molecule has 0 radical (unpaired) electrons. The molecule has 0 bridgehead atoms. The Bertz CT molecular complexity index is 1460. The molecule has 1 aliphatic carbocycles. The minimum atomic E-state index is -0.293. The van der Waals surface area contributed by atoms with Crippen LogP contribution in [-0.4, -0.2) is 58.0 Å². The number of ether oxygens (including phenoxy) is 1. The van der Waals surface area contributed by atoms with Crippen LogP contribution in [0.2, 0.25) is 0 Å². The van der Waals surface area contributed by atoms with E-state index in [1.165, 1.54) is 0 Å². The summed E-state index contributed by atoms with van der Waals surface area (Å²) in [6.07, 6.45) is 2.57. The second-order valence-electron chi connectivity index (χ2n) is 10.5. The molecule has 2 fully saturated rings. The van der Waals surface area contributed by atoms with Crippen molar-refractivity contribution in [3.05, 3.63) is 71.4 Å². The van der Waals surface area contributed by atoms with E-state index in [1.807, 2.05) is 44.2 Å². The molecule has 4 aromatic rings. The average Bonchev–Trinajstić information content (AvgIpc) is 3.31. The monoisotopic (exact) mass is 527 g/mol. The van der Waals surface area contributed by atoms with Crippen LogP contribution in [0.5, 0.6) is 0 Å². The Labute approximate surface area is 227 Å². The standard InChI is InChI=1S/C30H33N5O4/c1-18-27(19(2)39-34-18)21-8-13-25-24(16-21)29(35-14-15-38-17-26(35)20-6-4-3-5-7-20)33-28(32-25)30(37)31-22-9-11-23(36)12-10-22/h3-8,13,16,22-23,26,36H,9-12,14-15,17H2,1-2H3,(H,31,37)/t22?,23?,26-/m1/s1. The van der Waals surface area contributed by atoms with Gasteiger partial charge in [0.05, 0.1) is 36.6 Å². The molecule has 0 unspecified atom stereocenters. The number of aliphatic hydroxyl groups excluding tert-OH is 1. The molecule has 1 aliphatic heterocycles. The van der Waals surface area contributed by atoms with E-state index in [0.717, 1.165) is 46.4 Å². The lowest BCUT2D eigenvalue weighted by molar-refractivity contribution is 0.0857. The first-order valence-corrected chi connectivity index (χ1v) is 13.6. The molecule has 3 heterocycles. The van der Waals surface area contributed by atoms with E-state index in [4.69, 9.17) is 19.2 Å². The van der Waals surface area contributed by atoms with Gasteiger partial charge in [0.15, 0.2) is 0 Å². The number of nitrogens with one attached hydrogen (secondary N) is 1. The molecule has 1 atom stereocenters. The van der Waals surface area contributed by atoms with Gasteiger partial charge >= 0.3 is 0 Å². The van der Waals surface area contributed by atoms with Crippen LogP contribution in [0.4, 0.5) is 5.82 Å². The summed E-state index contributed by atoms with van der Waals surface area (Å²) in [6, 6.07) is 16.2. The lowest BCUT2D eigenvalue weighted by Crippen LogP contribution is -2.41. The number of nitrogens with zero attached hydrogens (tertiary/aromatic N) is 4. The van der Waals surface area contributed by atoms with Crippen LogP contribution >= 0.6 is 0 Å². The van der Waals surface area contributed by atoms with E-state index < -0.39 is 0 Å². The molecule has 202 valence electrons. The second kappa shape index (κ2) is 10.7. The van der Waals surface area contributed by atoms with Crippen LogP contribution < -0.4 is 10.2 Å². The van der Waals surface area contributed by atoms with Crippen molar-refractivity contribution < 1.29 is 19.2 Å². The highest BCUT2D eigenvalue weighted by Crippen LogP contribution is 2.36. The Kier molecular flexibility index (Phi) is 7.01. The predicted molar refractivity (Wildman–Crippen MR) is 148 cm³/mol. The molecule has 2 aromatic carbocycles. The minimum Gasteiger partial charge on any atom is -0.393 e. The Hall–Kier alpha value is -3.82. The molecular weight excluding hydrogens is 494 g/mol. The van der Waals surface area contributed by atoms with Gasteiger partial charge in [-0.3, -0.25) is 4.79 Å². The summed E-state index contributed by atoms with van der Waals surface area (Å²) in [5.74, 6) is 1.30. The number of aliphatic hydroxyl groups is 1. The smallest absolute Gasteiger partial charge is 0.289 e. The molecule has 1 saturated heterocycles. The van der Waals surface area contributed by atoms with Crippen molar-refractivity contribution in [2.24, 2.45) is 0 Å². The number of hydrogen-bond acceptors (Lipinski definition) is 8. The molecule has 1 amide bonds. The SMILES string of the molecule is Cc1noc(C)c1-c1ccc2nc(C(=O)NC3CCC(O)CC3)nc(N3CCOC[C@@H]3c3ccccc3)c2c1. The van der Waals surface area contributed by atoms with Crippen molar-refractivity contribution in [3.63, 3.8) is 0 Å². The van der Waals surface area contributed by atoms with Crippen LogP contribution in [0, 0.1) is 13.8 Å². The number of aryl methyl sites for hydroxylation is 2. The molecule has 2 N–H and O–H groups in total. The number of carbonyl (C=O) groups excluding carboxylic acids is 1. The Morgan fingerprint density at radius 3 is 2.59 bits per heavy atom.